The summed E-state index contributed by atoms with van der Waals surface area (Å²) in [6, 6.07) is 35.8. The Kier molecular flexibility index (Phi) is 16.1. The molecular formula is C46H37Cl6IN10O2. The van der Waals surface area contributed by atoms with Crippen molar-refractivity contribution < 1.29 is 6.11 Å². The van der Waals surface area contributed by atoms with Crippen LogP contribution < -0.4 is 17.0 Å². The van der Waals surface area contributed by atoms with E-state index in [1.807, 2.05) is 80.2 Å². The van der Waals surface area contributed by atoms with Gasteiger partial charge in [0.15, 0.2) is 11.7 Å². The fourth-order valence-electron chi connectivity index (χ4n) is 6.76. The average molecular weight is 1100 g/mol. The molecule has 4 N–H and O–H groups in total. The number of nitrogens with one attached hydrogen (secondary N) is 2. The second-order valence-corrected chi connectivity index (χ2v) is 16.3. The number of nitrogens with two attached hydrogens (primary N) is 1. The number of H-pyrrole nitrogens is 1. The van der Waals surface area contributed by atoms with Crippen molar-refractivity contribution in [3.63, 3.8) is 0 Å². The molecule has 0 bridgehead atoms. The summed E-state index contributed by atoms with van der Waals surface area (Å²) in [5.74, 6) is 6.65. The van der Waals surface area contributed by atoms with Crippen molar-refractivity contribution in [2.24, 2.45) is 10.8 Å². The number of amidine groups is 1. The molecule has 0 amide bonds. The summed E-state index contributed by atoms with van der Waals surface area (Å²) in [6.45, 7) is 2.00. The number of pyridine rings is 2. The number of aliphatic imine (C=N–C) groups is 1. The monoisotopic (exact) mass is 1100 g/mol. The summed E-state index contributed by atoms with van der Waals surface area (Å²) in [4.78, 5) is 27.2. The number of ether oxygens (including phenoxy) is 1. The van der Waals surface area contributed by atoms with Gasteiger partial charge in [0.25, 0.3) is 0 Å². The van der Waals surface area contributed by atoms with Crippen LogP contribution in [0.4, 0.5) is 5.69 Å². The van der Waals surface area contributed by atoms with Crippen LogP contribution in [0.25, 0.3) is 51.0 Å². The zero-order valence-corrected chi connectivity index (χ0v) is 40.6. The number of hydrazine groups is 1. The Bertz CT molecular complexity index is 3160. The Morgan fingerprint density at radius 2 is 1.26 bits per heavy atom. The minimum absolute atomic E-state index is 0.382. The maximum absolute atomic E-state index is 12.7. The van der Waals surface area contributed by atoms with Crippen LogP contribution in [0.15, 0.2) is 144 Å². The normalized spacial score (nSPS) is 12.4. The van der Waals surface area contributed by atoms with Crippen LogP contribution in [0.5, 0.6) is 0 Å². The molecule has 0 unspecified atom stereocenters. The Morgan fingerprint density at radius 1 is 0.738 bits per heavy atom. The number of nitrogens with zero attached hydrogens (tertiary/aromatic N) is 7. The summed E-state index contributed by atoms with van der Waals surface area (Å²) >= 11 is 39.3. The smallest absolute Gasteiger partial charge is 0.348 e. The van der Waals surface area contributed by atoms with E-state index in [2.05, 4.69) is 20.6 Å². The maximum atomic E-state index is 12.7. The minimum Gasteiger partial charge on any atom is -0.381 e. The summed E-state index contributed by atoms with van der Waals surface area (Å²) in [5, 5.41) is 10.1. The van der Waals surface area contributed by atoms with Crippen molar-refractivity contribution >= 4 is 115 Å². The number of fused-ring (bicyclic) bond motifs is 2. The number of rotatable bonds is 6. The molecule has 10 rings (SSSR count). The highest BCUT2D eigenvalue weighted by atomic mass is 127. The molecule has 65 heavy (non-hydrogen) atoms. The molecule has 9 aromatic rings. The molecule has 1 saturated heterocycles. The summed E-state index contributed by atoms with van der Waals surface area (Å²) in [6.07, 6.45) is 6.29. The average Bonchev–Trinajstić information content (AvgIpc) is 4.16. The molecule has 12 nitrogen and oxygen atoms in total. The largest absolute Gasteiger partial charge is 0.381 e. The van der Waals surface area contributed by atoms with Crippen LogP contribution in [-0.4, -0.2) is 57.5 Å². The molecule has 1 aliphatic rings. The molecule has 332 valence electrons. The van der Waals surface area contributed by atoms with Gasteiger partial charge in [-0.15, -0.1) is 0 Å². The highest BCUT2D eigenvalue weighted by Gasteiger charge is 2.25. The van der Waals surface area contributed by atoms with E-state index in [9.17, 15) is 4.79 Å². The summed E-state index contributed by atoms with van der Waals surface area (Å²) in [7, 11) is 0. The van der Waals surface area contributed by atoms with Gasteiger partial charge >= 0.3 is 5.69 Å². The van der Waals surface area contributed by atoms with E-state index in [1.54, 1.807) is 84.9 Å². The van der Waals surface area contributed by atoms with E-state index in [-0.39, 0.29) is 5.69 Å². The van der Waals surface area contributed by atoms with E-state index >= 15 is 0 Å². The van der Waals surface area contributed by atoms with Crippen LogP contribution in [0, 0.1) is 0 Å². The van der Waals surface area contributed by atoms with Gasteiger partial charge in [0, 0.05) is 58.2 Å². The van der Waals surface area contributed by atoms with E-state index in [4.69, 9.17) is 91.5 Å². The molecule has 0 spiro atoms. The number of benzene rings is 4. The van der Waals surface area contributed by atoms with Crippen molar-refractivity contribution in [3.8, 4) is 39.7 Å². The van der Waals surface area contributed by atoms with Crippen LogP contribution in [-0.2, 0) is 4.74 Å². The molecule has 1 aliphatic heterocycles. The second-order valence-electron chi connectivity index (χ2n) is 13.8. The Morgan fingerprint density at radius 3 is 1.83 bits per heavy atom. The second kappa shape index (κ2) is 22.5. The summed E-state index contributed by atoms with van der Waals surface area (Å²) < 4.78 is 16.4. The highest BCUT2D eigenvalue weighted by Crippen LogP contribution is 2.38. The van der Waals surface area contributed by atoms with Crippen molar-refractivity contribution in [3.05, 3.63) is 180 Å². The van der Waals surface area contributed by atoms with E-state index in [0.29, 0.717) is 97.6 Å². The lowest BCUT2D eigenvalue weighted by atomic mass is 10.1. The Balaban J connectivity index is 0.000000169. The molecule has 0 aliphatic carbocycles. The quantitative estimate of drug-likeness (QED) is 0.0375. The third-order valence-corrected chi connectivity index (χ3v) is 11.3. The Hall–Kier alpha value is -4.94. The molecule has 0 saturated carbocycles. The van der Waals surface area contributed by atoms with Gasteiger partial charge in [-0.3, -0.25) is 8.80 Å². The first kappa shape index (κ1) is 46.6. The van der Waals surface area contributed by atoms with Gasteiger partial charge in [0.2, 0.25) is 0 Å². The lowest BCUT2D eigenvalue weighted by Crippen LogP contribution is -2.32. The first-order valence-corrected chi connectivity index (χ1v) is 23.3. The lowest BCUT2D eigenvalue weighted by Gasteiger charge is -2.10. The molecule has 4 aromatic carbocycles. The molecular weight excluding hydrogens is 1060 g/mol. The third kappa shape index (κ3) is 11.2. The summed E-state index contributed by atoms with van der Waals surface area (Å²) in [5.41, 5.74) is 8.76. The minimum atomic E-state index is -0.388. The number of alkyl halides is 1. The van der Waals surface area contributed by atoms with Gasteiger partial charge in [-0.1, -0.05) is 104 Å². The van der Waals surface area contributed by atoms with Crippen molar-refractivity contribution in [2.45, 2.75) is 12.8 Å². The van der Waals surface area contributed by atoms with Crippen molar-refractivity contribution in [1.29, 1.82) is 0 Å². The number of halogens is 7. The SMILES string of the molecule is C1CCOC1.NNC(=Nc1ccc(Cl)cc1)c1c(-c2cc(Cl)ccc2Cl)nc2ccccn12.O=c1[nH]nc(-c2c(-c3cc(Cl)ccc3Cl)nc3ccccn23)n1-c1ccc(Cl)cc1.[2H]CI. The van der Waals surface area contributed by atoms with Crippen molar-refractivity contribution in [1.82, 2.24) is 39.0 Å². The molecule has 0 radical (unpaired) electrons. The van der Waals surface area contributed by atoms with Gasteiger partial charge in [-0.25, -0.2) is 35.3 Å². The number of imidazole rings is 2. The highest BCUT2D eigenvalue weighted by molar-refractivity contribution is 14.1. The Labute approximate surface area is 418 Å². The lowest BCUT2D eigenvalue weighted by molar-refractivity contribution is 0.198. The number of hydrogen-bond acceptors (Lipinski definition) is 7. The van der Waals surface area contributed by atoms with Crippen LogP contribution in [0.3, 0.4) is 0 Å². The fourth-order valence-corrected chi connectivity index (χ4v) is 7.77. The van der Waals surface area contributed by atoms with Gasteiger partial charge in [-0.05, 0) is 127 Å². The first-order valence-electron chi connectivity index (χ1n) is 20.2. The molecule has 5 aromatic heterocycles. The molecule has 6 heterocycles. The fraction of sp³-hybridized carbons (Fsp3) is 0.109. The van der Waals surface area contributed by atoms with E-state index < -0.39 is 0 Å². The predicted molar refractivity (Wildman–Crippen MR) is 274 cm³/mol. The van der Waals surface area contributed by atoms with E-state index in [0.717, 1.165) is 18.9 Å². The van der Waals surface area contributed by atoms with Crippen LogP contribution in [0.1, 0.15) is 19.9 Å². The van der Waals surface area contributed by atoms with Gasteiger partial charge in [0.1, 0.15) is 34.1 Å². The zero-order chi connectivity index (χ0) is 46.7. The number of hydrogen-bond donors (Lipinski definition) is 3. The molecule has 1 fully saturated rings. The topological polar surface area (TPSA) is 145 Å². The van der Waals surface area contributed by atoms with Gasteiger partial charge in [0.05, 0.1) is 21.4 Å². The van der Waals surface area contributed by atoms with Gasteiger partial charge < -0.3 is 10.2 Å². The van der Waals surface area contributed by atoms with Gasteiger partial charge in [-0.2, -0.15) is 5.10 Å². The maximum Gasteiger partial charge on any atom is 0.348 e. The standard InChI is InChI=1S/C21H12Cl3N5O.C20H14Cl3N5.C4H8O.CH3I/c22-12-4-7-14(8-5-12)29-20(26-27-21(29)30)19-18(15-11-13(23)6-9-16(15)24)25-17-3-1-2-10-28(17)19;21-12-4-7-14(8-5-12)25-20(27-24)19-18(15-11-13(22)6-9-16(15)23)26-17-3-1-2-10-28(17)19;1-2-4-5-3-1;1-2/h1-11H,(H,27,30);1-11H,24H2,(H,25,27);1-4H2;1H3/i;;;1D. The molecule has 19 heteroatoms. The van der Waals surface area contributed by atoms with Crippen molar-refractivity contribution in [2.75, 3.05) is 18.1 Å². The zero-order valence-electron chi connectivity index (χ0n) is 34.9. The predicted octanol–water partition coefficient (Wildman–Crippen LogP) is 12.9. The van der Waals surface area contributed by atoms with Crippen LogP contribution >= 0.6 is 92.2 Å². The van der Waals surface area contributed by atoms with E-state index in [1.165, 1.54) is 17.4 Å². The number of aromatic amines is 1. The van der Waals surface area contributed by atoms with Crippen LogP contribution in [0.2, 0.25) is 30.1 Å². The first-order chi connectivity index (χ1) is 32.0. The molecule has 0 atom stereocenters. The number of aromatic nitrogens is 7. The third-order valence-electron chi connectivity index (χ3n) is 9.65.